The maximum absolute atomic E-state index is 13.8. The first-order valence-electron chi connectivity index (χ1n) is 11.9. The van der Waals surface area contributed by atoms with Crippen molar-refractivity contribution in [3.05, 3.63) is 106 Å². The van der Waals surface area contributed by atoms with Crippen LogP contribution in [0.5, 0.6) is 0 Å². The molecular formula is C27H28ClF3N6. The molecule has 0 N–H and O–H groups in total. The summed E-state index contributed by atoms with van der Waals surface area (Å²) in [5.74, 6) is 0.446. The van der Waals surface area contributed by atoms with Gasteiger partial charge in [0.1, 0.15) is 0 Å². The van der Waals surface area contributed by atoms with Crippen molar-refractivity contribution in [2.75, 3.05) is 0 Å². The number of pyridine rings is 1. The SMILES string of the molecule is CCC(C)(C)n1nnnc1C(c1cccc(C(F)(F)F)c1)N(Cc1cccnc1)Cc1ccccc1Cl. The molecule has 0 fully saturated rings. The van der Waals surface area contributed by atoms with Crippen LogP contribution in [-0.4, -0.2) is 30.1 Å². The van der Waals surface area contributed by atoms with Gasteiger partial charge in [0, 0.05) is 30.5 Å². The highest BCUT2D eigenvalue weighted by Crippen LogP contribution is 2.37. The average molecular weight is 529 g/mol. The Morgan fingerprint density at radius 3 is 2.46 bits per heavy atom. The molecule has 0 saturated carbocycles. The number of benzene rings is 2. The van der Waals surface area contributed by atoms with Crippen molar-refractivity contribution in [1.29, 1.82) is 0 Å². The molecule has 2 aromatic heterocycles. The summed E-state index contributed by atoms with van der Waals surface area (Å²) in [7, 11) is 0. The molecule has 194 valence electrons. The Kier molecular flexibility index (Phi) is 7.94. The summed E-state index contributed by atoms with van der Waals surface area (Å²) in [6.45, 7) is 6.72. The van der Waals surface area contributed by atoms with Gasteiger partial charge in [-0.2, -0.15) is 13.2 Å². The van der Waals surface area contributed by atoms with Crippen molar-refractivity contribution in [2.24, 2.45) is 0 Å². The fourth-order valence-corrected chi connectivity index (χ4v) is 4.36. The number of halogens is 4. The third-order valence-corrected chi connectivity index (χ3v) is 6.88. The molecule has 0 radical (unpaired) electrons. The third-order valence-electron chi connectivity index (χ3n) is 6.51. The van der Waals surface area contributed by atoms with E-state index in [0.29, 0.717) is 35.9 Å². The van der Waals surface area contributed by atoms with Crippen LogP contribution < -0.4 is 0 Å². The van der Waals surface area contributed by atoms with Crippen molar-refractivity contribution >= 4 is 11.6 Å². The van der Waals surface area contributed by atoms with Gasteiger partial charge in [0.15, 0.2) is 5.82 Å². The minimum absolute atomic E-state index is 0.342. The second kappa shape index (κ2) is 11.0. The minimum Gasteiger partial charge on any atom is -0.281 e. The Morgan fingerprint density at radius 2 is 1.78 bits per heavy atom. The molecule has 4 rings (SSSR count). The van der Waals surface area contributed by atoms with Crippen LogP contribution in [0.25, 0.3) is 0 Å². The fraction of sp³-hybridized carbons (Fsp3) is 0.333. The van der Waals surface area contributed by atoms with Crippen LogP contribution in [-0.2, 0) is 24.8 Å². The van der Waals surface area contributed by atoms with E-state index in [9.17, 15) is 13.2 Å². The van der Waals surface area contributed by atoms with E-state index in [1.807, 2.05) is 56.0 Å². The van der Waals surface area contributed by atoms with Crippen molar-refractivity contribution in [1.82, 2.24) is 30.1 Å². The van der Waals surface area contributed by atoms with Gasteiger partial charge in [-0.3, -0.25) is 9.88 Å². The quantitative estimate of drug-likeness (QED) is 0.242. The first kappa shape index (κ1) is 26.8. The highest BCUT2D eigenvalue weighted by Gasteiger charge is 2.36. The summed E-state index contributed by atoms with van der Waals surface area (Å²) in [6.07, 6.45) is -0.363. The molecule has 0 spiro atoms. The number of aromatic nitrogens is 5. The zero-order chi connectivity index (χ0) is 26.6. The molecule has 2 heterocycles. The first-order chi connectivity index (χ1) is 17.6. The smallest absolute Gasteiger partial charge is 0.281 e. The molecule has 37 heavy (non-hydrogen) atoms. The van der Waals surface area contributed by atoms with E-state index in [1.165, 1.54) is 12.1 Å². The van der Waals surface area contributed by atoms with Crippen molar-refractivity contribution in [2.45, 2.75) is 58.0 Å². The van der Waals surface area contributed by atoms with Crippen molar-refractivity contribution < 1.29 is 13.2 Å². The molecule has 0 saturated heterocycles. The number of hydrogen-bond donors (Lipinski definition) is 0. The number of hydrogen-bond acceptors (Lipinski definition) is 5. The number of tetrazole rings is 1. The molecule has 0 bridgehead atoms. The highest BCUT2D eigenvalue weighted by molar-refractivity contribution is 6.31. The average Bonchev–Trinajstić information content (AvgIpc) is 3.36. The van der Waals surface area contributed by atoms with Gasteiger partial charge in [-0.25, -0.2) is 4.68 Å². The first-order valence-corrected chi connectivity index (χ1v) is 12.3. The second-order valence-electron chi connectivity index (χ2n) is 9.50. The number of alkyl halides is 3. The zero-order valence-corrected chi connectivity index (χ0v) is 21.6. The minimum atomic E-state index is -4.49. The summed E-state index contributed by atoms with van der Waals surface area (Å²) in [6, 6.07) is 15.8. The second-order valence-corrected chi connectivity index (χ2v) is 9.91. The summed E-state index contributed by atoms with van der Waals surface area (Å²) >= 11 is 6.52. The topological polar surface area (TPSA) is 59.7 Å². The van der Waals surface area contributed by atoms with Gasteiger partial charge >= 0.3 is 6.18 Å². The van der Waals surface area contributed by atoms with E-state index >= 15 is 0 Å². The molecule has 0 amide bonds. The molecule has 2 aromatic carbocycles. The number of rotatable bonds is 9. The molecule has 6 nitrogen and oxygen atoms in total. The van der Waals surface area contributed by atoms with Gasteiger partial charge in [-0.15, -0.1) is 5.10 Å². The maximum Gasteiger partial charge on any atom is 0.416 e. The predicted molar refractivity (Wildman–Crippen MR) is 136 cm³/mol. The highest BCUT2D eigenvalue weighted by atomic mass is 35.5. The monoisotopic (exact) mass is 528 g/mol. The van der Waals surface area contributed by atoms with E-state index < -0.39 is 23.3 Å². The molecule has 0 aliphatic rings. The Bertz CT molecular complexity index is 1320. The largest absolute Gasteiger partial charge is 0.416 e. The Hall–Kier alpha value is -3.30. The lowest BCUT2D eigenvalue weighted by molar-refractivity contribution is -0.137. The molecule has 1 unspecified atom stereocenters. The number of nitrogens with zero attached hydrogens (tertiary/aromatic N) is 6. The van der Waals surface area contributed by atoms with Gasteiger partial charge in [-0.05, 0) is 71.7 Å². The fourth-order valence-electron chi connectivity index (χ4n) is 4.16. The molecule has 10 heteroatoms. The van der Waals surface area contributed by atoms with Crippen LogP contribution in [0.1, 0.15) is 61.3 Å². The molecule has 0 aliphatic heterocycles. The third kappa shape index (κ3) is 6.17. The summed E-state index contributed by atoms with van der Waals surface area (Å²) < 4.78 is 43.0. The van der Waals surface area contributed by atoms with Crippen LogP contribution in [0.2, 0.25) is 5.02 Å². The van der Waals surface area contributed by atoms with Crippen molar-refractivity contribution in [3.63, 3.8) is 0 Å². The van der Waals surface area contributed by atoms with E-state index in [1.54, 1.807) is 29.2 Å². The zero-order valence-electron chi connectivity index (χ0n) is 20.8. The van der Waals surface area contributed by atoms with E-state index in [-0.39, 0.29) is 0 Å². The predicted octanol–water partition coefficient (Wildman–Crippen LogP) is 6.68. The molecule has 1 atom stereocenters. The van der Waals surface area contributed by atoms with Gasteiger partial charge < -0.3 is 0 Å². The Morgan fingerprint density at radius 1 is 1.00 bits per heavy atom. The van der Waals surface area contributed by atoms with Gasteiger partial charge in [0.05, 0.1) is 17.1 Å². The summed E-state index contributed by atoms with van der Waals surface area (Å²) in [5, 5.41) is 13.1. The van der Waals surface area contributed by atoms with E-state index in [4.69, 9.17) is 11.6 Å². The lowest BCUT2D eigenvalue weighted by Crippen LogP contribution is -2.36. The van der Waals surface area contributed by atoms with Crippen LogP contribution in [0.3, 0.4) is 0 Å². The summed E-state index contributed by atoms with van der Waals surface area (Å²) in [5.41, 5.74) is 0.944. The van der Waals surface area contributed by atoms with E-state index in [2.05, 4.69) is 20.5 Å². The van der Waals surface area contributed by atoms with Gasteiger partial charge in [-0.1, -0.05) is 54.9 Å². The lowest BCUT2D eigenvalue weighted by Gasteiger charge is -2.34. The van der Waals surface area contributed by atoms with E-state index in [0.717, 1.165) is 17.2 Å². The van der Waals surface area contributed by atoms with Gasteiger partial charge in [0.2, 0.25) is 0 Å². The Balaban J connectivity index is 1.92. The molecule has 0 aliphatic carbocycles. The van der Waals surface area contributed by atoms with Gasteiger partial charge in [0.25, 0.3) is 0 Å². The normalized spacial score (nSPS) is 13.2. The van der Waals surface area contributed by atoms with Crippen LogP contribution in [0.15, 0.2) is 73.1 Å². The molecule has 4 aromatic rings. The summed E-state index contributed by atoms with van der Waals surface area (Å²) in [4.78, 5) is 6.26. The van der Waals surface area contributed by atoms with Crippen LogP contribution in [0.4, 0.5) is 13.2 Å². The van der Waals surface area contributed by atoms with Crippen LogP contribution >= 0.6 is 11.6 Å². The van der Waals surface area contributed by atoms with Crippen LogP contribution in [0, 0.1) is 0 Å². The lowest BCUT2D eigenvalue weighted by atomic mass is 9.97. The van der Waals surface area contributed by atoms with Crippen molar-refractivity contribution in [3.8, 4) is 0 Å². The standard InChI is InChI=1S/C27H28ClF3N6/c1-4-26(2,3)37-25(33-34-35-37)24(20-11-7-12-22(15-20)27(29,30)31)36(17-19-9-8-14-32-16-19)18-21-10-5-6-13-23(21)28/h5-16,24H,4,17-18H2,1-3H3. The molecular weight excluding hydrogens is 501 g/mol. The Labute approximate surface area is 219 Å². The maximum atomic E-state index is 13.8.